The molecule has 0 spiro atoms. The van der Waals surface area contributed by atoms with Crippen molar-refractivity contribution in [3.63, 3.8) is 0 Å². The van der Waals surface area contributed by atoms with Crippen molar-refractivity contribution in [3.05, 3.63) is 125 Å². The minimum atomic E-state index is -0.960. The average Bonchev–Trinajstić information content (AvgIpc) is 2.96. The molecule has 0 aromatic heterocycles. The van der Waals surface area contributed by atoms with Gasteiger partial charge in [0, 0.05) is 24.3 Å². The number of hydrogen-bond donors (Lipinski definition) is 1. The molecule has 1 N–H and O–H groups in total. The lowest BCUT2D eigenvalue weighted by Crippen LogP contribution is -2.26. The van der Waals surface area contributed by atoms with Crippen molar-refractivity contribution >= 4 is 17.3 Å². The number of fused-ring (bicyclic) bond motifs is 2. The molecule has 1 aliphatic rings. The van der Waals surface area contributed by atoms with Gasteiger partial charge in [-0.3, -0.25) is 0 Å². The van der Waals surface area contributed by atoms with E-state index in [1.165, 1.54) is 22.5 Å². The van der Waals surface area contributed by atoms with Crippen molar-refractivity contribution in [2.75, 3.05) is 18.1 Å². The predicted octanol–water partition coefficient (Wildman–Crippen LogP) is 7.00. The number of carbonyl (C=O) groups is 1. The molecule has 0 bridgehead atoms. The van der Waals surface area contributed by atoms with E-state index in [1.807, 2.05) is 54.6 Å². The molecule has 1 atom stereocenters. The van der Waals surface area contributed by atoms with Crippen molar-refractivity contribution in [3.8, 4) is 5.75 Å². The number of anilines is 2. The number of ether oxygens (including phenoxy) is 2. The van der Waals surface area contributed by atoms with Crippen LogP contribution in [0.15, 0.2) is 103 Å². The lowest BCUT2D eigenvalue weighted by Gasteiger charge is -2.31. The van der Waals surface area contributed by atoms with Crippen LogP contribution >= 0.6 is 0 Å². The SMILES string of the molecule is O=C(O)C(Cc1ccc(OCCCN2c3ccccc3CCCc3ccccc32)cc1)OCc1ccccc1. The molecule has 200 valence electrons. The van der Waals surface area contributed by atoms with Crippen LogP contribution in [-0.2, 0) is 35.4 Å². The highest BCUT2D eigenvalue weighted by atomic mass is 16.5. The maximum atomic E-state index is 11.7. The normalized spacial score (nSPS) is 13.5. The Labute approximate surface area is 230 Å². The van der Waals surface area contributed by atoms with Crippen LogP contribution in [0.2, 0.25) is 0 Å². The zero-order valence-electron chi connectivity index (χ0n) is 22.2. The van der Waals surface area contributed by atoms with Gasteiger partial charge >= 0.3 is 5.97 Å². The smallest absolute Gasteiger partial charge is 0.333 e. The minimum absolute atomic E-state index is 0.269. The first-order chi connectivity index (χ1) is 19.2. The molecule has 4 aromatic carbocycles. The molecule has 0 amide bonds. The van der Waals surface area contributed by atoms with Gasteiger partial charge in [0.05, 0.1) is 13.2 Å². The molecule has 0 radical (unpaired) electrons. The number of rotatable bonds is 11. The highest BCUT2D eigenvalue weighted by molar-refractivity contribution is 5.73. The number of aryl methyl sites for hydroxylation is 2. The second-order valence-electron chi connectivity index (χ2n) is 9.94. The lowest BCUT2D eigenvalue weighted by atomic mass is 9.97. The summed E-state index contributed by atoms with van der Waals surface area (Å²) in [6, 6.07) is 34.7. The zero-order chi connectivity index (χ0) is 26.9. The largest absolute Gasteiger partial charge is 0.494 e. The number of carboxylic acids is 1. The van der Waals surface area contributed by atoms with E-state index >= 15 is 0 Å². The van der Waals surface area contributed by atoms with Crippen molar-refractivity contribution in [1.29, 1.82) is 0 Å². The van der Waals surface area contributed by atoms with E-state index in [0.717, 1.165) is 49.1 Å². The third-order valence-electron chi connectivity index (χ3n) is 7.17. The summed E-state index contributed by atoms with van der Waals surface area (Å²) in [5.41, 5.74) is 7.23. The first kappa shape index (κ1) is 26.5. The van der Waals surface area contributed by atoms with Crippen LogP contribution in [0.5, 0.6) is 5.75 Å². The first-order valence-corrected chi connectivity index (χ1v) is 13.7. The highest BCUT2D eigenvalue weighted by Gasteiger charge is 2.20. The molecule has 1 aliphatic heterocycles. The van der Waals surface area contributed by atoms with Crippen LogP contribution in [-0.4, -0.2) is 30.3 Å². The van der Waals surface area contributed by atoms with Gasteiger partial charge in [-0.15, -0.1) is 0 Å². The Balaban J connectivity index is 1.16. The van der Waals surface area contributed by atoms with E-state index in [9.17, 15) is 9.90 Å². The fourth-order valence-corrected chi connectivity index (χ4v) is 5.15. The van der Waals surface area contributed by atoms with Gasteiger partial charge in [0.25, 0.3) is 0 Å². The zero-order valence-corrected chi connectivity index (χ0v) is 22.2. The lowest BCUT2D eigenvalue weighted by molar-refractivity contribution is -0.151. The molecule has 0 saturated heterocycles. The van der Waals surface area contributed by atoms with E-state index in [0.29, 0.717) is 13.0 Å². The Morgan fingerprint density at radius 3 is 2.03 bits per heavy atom. The number of carboxylic acid groups (broad SMARTS) is 1. The number of hydrogen-bond acceptors (Lipinski definition) is 4. The van der Waals surface area contributed by atoms with Gasteiger partial charge in [-0.05, 0) is 72.2 Å². The first-order valence-electron chi connectivity index (χ1n) is 13.7. The summed E-state index contributed by atoms with van der Waals surface area (Å²) in [5, 5.41) is 9.62. The maximum Gasteiger partial charge on any atom is 0.333 e. The van der Waals surface area contributed by atoms with Crippen molar-refractivity contribution in [2.45, 2.75) is 44.8 Å². The predicted molar refractivity (Wildman–Crippen MR) is 155 cm³/mol. The highest BCUT2D eigenvalue weighted by Crippen LogP contribution is 2.35. The van der Waals surface area contributed by atoms with E-state index in [-0.39, 0.29) is 6.61 Å². The van der Waals surface area contributed by atoms with Crippen LogP contribution < -0.4 is 9.64 Å². The number of benzene rings is 4. The van der Waals surface area contributed by atoms with Crippen molar-refractivity contribution in [2.24, 2.45) is 0 Å². The van der Waals surface area contributed by atoms with Crippen LogP contribution in [0.1, 0.15) is 35.1 Å². The standard InChI is InChI=1S/C34H35NO4/c36-34(37)33(39-25-27-10-2-1-3-11-27)24-26-18-20-30(21-19-26)38-23-9-22-35-31-16-6-4-12-28(31)14-8-15-29-13-5-7-17-32(29)35/h1-7,10-13,16-21,33H,8-9,14-15,22-25H2,(H,36,37). The van der Waals surface area contributed by atoms with E-state index in [2.05, 4.69) is 53.4 Å². The van der Waals surface area contributed by atoms with Crippen molar-refractivity contribution in [1.82, 2.24) is 0 Å². The Morgan fingerprint density at radius 2 is 1.38 bits per heavy atom. The van der Waals surface area contributed by atoms with Gasteiger partial charge in [0.15, 0.2) is 6.10 Å². The van der Waals surface area contributed by atoms with Gasteiger partial charge in [-0.2, -0.15) is 0 Å². The summed E-state index contributed by atoms with van der Waals surface area (Å²) in [6.07, 6.45) is 3.61. The summed E-state index contributed by atoms with van der Waals surface area (Å²) in [7, 11) is 0. The van der Waals surface area contributed by atoms with Crippen molar-refractivity contribution < 1.29 is 19.4 Å². The third kappa shape index (κ3) is 7.06. The molecule has 5 nitrogen and oxygen atoms in total. The summed E-state index contributed by atoms with van der Waals surface area (Å²) in [5.74, 6) is -0.178. The molecule has 39 heavy (non-hydrogen) atoms. The molecule has 0 fully saturated rings. The summed E-state index contributed by atoms with van der Waals surface area (Å²) >= 11 is 0. The average molecular weight is 522 g/mol. The number of nitrogens with zero attached hydrogens (tertiary/aromatic N) is 1. The van der Waals surface area contributed by atoms with E-state index in [1.54, 1.807) is 0 Å². The second-order valence-corrected chi connectivity index (χ2v) is 9.94. The van der Waals surface area contributed by atoms with Gasteiger partial charge in [0.2, 0.25) is 0 Å². The van der Waals surface area contributed by atoms with Gasteiger partial charge in [0.1, 0.15) is 5.75 Å². The molecule has 5 heteroatoms. The minimum Gasteiger partial charge on any atom is -0.494 e. The molecule has 5 rings (SSSR count). The van der Waals surface area contributed by atoms with Gasteiger partial charge in [-0.1, -0.05) is 78.9 Å². The van der Waals surface area contributed by atoms with Gasteiger partial charge < -0.3 is 19.5 Å². The molecule has 1 unspecified atom stereocenters. The second kappa shape index (κ2) is 13.1. The third-order valence-corrected chi connectivity index (χ3v) is 7.17. The fraction of sp³-hybridized carbons (Fsp3) is 0.265. The molecule has 0 saturated carbocycles. The summed E-state index contributed by atoms with van der Waals surface area (Å²) < 4.78 is 11.8. The van der Waals surface area contributed by atoms with Crippen LogP contribution in [0.4, 0.5) is 11.4 Å². The quantitative estimate of drug-likeness (QED) is 0.216. The van der Waals surface area contributed by atoms with E-state index in [4.69, 9.17) is 9.47 Å². The molecular formula is C34H35NO4. The Kier molecular flexibility index (Phi) is 8.92. The molecule has 4 aromatic rings. The topological polar surface area (TPSA) is 59.0 Å². The summed E-state index contributed by atoms with van der Waals surface area (Å²) in [4.78, 5) is 14.2. The molecule has 1 heterocycles. The van der Waals surface area contributed by atoms with Crippen LogP contribution in [0.3, 0.4) is 0 Å². The summed E-state index contributed by atoms with van der Waals surface area (Å²) in [6.45, 7) is 1.73. The van der Waals surface area contributed by atoms with Crippen LogP contribution in [0.25, 0.3) is 0 Å². The number of aliphatic carboxylic acids is 1. The molecule has 0 aliphatic carbocycles. The van der Waals surface area contributed by atoms with Gasteiger partial charge in [-0.25, -0.2) is 4.79 Å². The Morgan fingerprint density at radius 1 is 0.769 bits per heavy atom. The van der Waals surface area contributed by atoms with E-state index < -0.39 is 12.1 Å². The molecular weight excluding hydrogens is 486 g/mol. The number of para-hydroxylation sites is 2. The monoisotopic (exact) mass is 521 g/mol. The Bertz CT molecular complexity index is 1310. The van der Waals surface area contributed by atoms with Crippen LogP contribution in [0, 0.1) is 0 Å². The maximum absolute atomic E-state index is 11.7. The Hall–Kier alpha value is -4.09. The fourth-order valence-electron chi connectivity index (χ4n) is 5.15.